The highest BCUT2D eigenvalue weighted by Gasteiger charge is 2.07. The Morgan fingerprint density at radius 3 is 2.53 bits per heavy atom. The van der Waals surface area contributed by atoms with Gasteiger partial charge < -0.3 is 10.6 Å². The van der Waals surface area contributed by atoms with Gasteiger partial charge in [-0.05, 0) is 24.6 Å². The minimum absolute atomic E-state index is 0.00968. The van der Waals surface area contributed by atoms with Crippen molar-refractivity contribution in [1.29, 1.82) is 5.26 Å². The molecule has 1 aromatic rings. The van der Waals surface area contributed by atoms with Crippen LogP contribution in [0.3, 0.4) is 0 Å². The van der Waals surface area contributed by atoms with Crippen molar-refractivity contribution in [3.05, 3.63) is 40.0 Å². The largest absolute Gasteiger partial charge is 0.360 e. The van der Waals surface area contributed by atoms with Crippen LogP contribution in [0.5, 0.6) is 0 Å². The predicted molar refractivity (Wildman–Crippen MR) is 77.1 cm³/mol. The summed E-state index contributed by atoms with van der Waals surface area (Å²) >= 11 is 11.7. The van der Waals surface area contributed by atoms with Crippen LogP contribution in [-0.4, -0.2) is 12.5 Å². The van der Waals surface area contributed by atoms with Crippen LogP contribution >= 0.6 is 23.2 Å². The Morgan fingerprint density at radius 1 is 1.37 bits per heavy atom. The predicted octanol–water partition coefficient (Wildman–Crippen LogP) is 3.34. The second-order valence-electron chi connectivity index (χ2n) is 3.73. The highest BCUT2D eigenvalue weighted by molar-refractivity contribution is 6.35. The fraction of sp³-hybridized carbons (Fsp3) is 0.231. The van der Waals surface area contributed by atoms with Crippen LogP contribution in [-0.2, 0) is 4.79 Å². The molecule has 0 radical (unpaired) electrons. The van der Waals surface area contributed by atoms with Gasteiger partial charge in [0.25, 0.3) is 5.91 Å². The van der Waals surface area contributed by atoms with E-state index in [1.54, 1.807) is 18.2 Å². The molecule has 6 heteroatoms. The van der Waals surface area contributed by atoms with Crippen LogP contribution in [0.4, 0.5) is 5.69 Å². The van der Waals surface area contributed by atoms with Crippen molar-refractivity contribution in [3.63, 3.8) is 0 Å². The third-order valence-corrected chi connectivity index (χ3v) is 2.58. The van der Waals surface area contributed by atoms with Gasteiger partial charge in [0.2, 0.25) is 0 Å². The molecule has 1 aromatic carbocycles. The van der Waals surface area contributed by atoms with Gasteiger partial charge in [-0.15, -0.1) is 0 Å². The number of anilines is 1. The van der Waals surface area contributed by atoms with Crippen molar-refractivity contribution in [2.45, 2.75) is 13.3 Å². The van der Waals surface area contributed by atoms with Gasteiger partial charge in [0.05, 0.1) is 0 Å². The molecular weight excluding hydrogens is 285 g/mol. The summed E-state index contributed by atoms with van der Waals surface area (Å²) < 4.78 is 0. The van der Waals surface area contributed by atoms with E-state index in [0.717, 1.165) is 6.42 Å². The molecule has 100 valence electrons. The summed E-state index contributed by atoms with van der Waals surface area (Å²) in [5.74, 6) is -0.412. The summed E-state index contributed by atoms with van der Waals surface area (Å²) in [5, 5.41) is 15.3. The van der Waals surface area contributed by atoms with Crippen LogP contribution in [0.2, 0.25) is 10.0 Å². The lowest BCUT2D eigenvalue weighted by molar-refractivity contribution is -0.117. The third kappa shape index (κ3) is 5.21. The van der Waals surface area contributed by atoms with Crippen LogP contribution < -0.4 is 10.6 Å². The lowest BCUT2D eigenvalue weighted by atomic mass is 10.2. The van der Waals surface area contributed by atoms with E-state index >= 15 is 0 Å². The van der Waals surface area contributed by atoms with Crippen LogP contribution in [0.25, 0.3) is 0 Å². The standard InChI is InChI=1S/C13H13Cl2N3O/c1-2-3-17-13(19)9(7-16)8-18-12-5-10(14)4-11(15)6-12/h4-6,8,18H,2-3H2,1H3,(H,17,19)/b9-8-. The van der Waals surface area contributed by atoms with E-state index in [1.807, 2.05) is 13.0 Å². The molecule has 0 spiro atoms. The van der Waals surface area contributed by atoms with Gasteiger partial charge in [-0.25, -0.2) is 0 Å². The topological polar surface area (TPSA) is 64.9 Å². The Morgan fingerprint density at radius 2 is 2.00 bits per heavy atom. The first-order valence-corrected chi connectivity index (χ1v) is 6.43. The number of nitrogens with zero attached hydrogens (tertiary/aromatic N) is 1. The van der Waals surface area contributed by atoms with Gasteiger partial charge in [-0.3, -0.25) is 4.79 Å². The molecule has 0 bridgehead atoms. The summed E-state index contributed by atoms with van der Waals surface area (Å²) in [4.78, 5) is 11.6. The van der Waals surface area contributed by atoms with Crippen LogP contribution in [0, 0.1) is 11.3 Å². The molecular formula is C13H13Cl2N3O. The quantitative estimate of drug-likeness (QED) is 0.647. The van der Waals surface area contributed by atoms with E-state index in [4.69, 9.17) is 28.5 Å². The molecule has 0 saturated heterocycles. The highest BCUT2D eigenvalue weighted by Crippen LogP contribution is 2.22. The minimum atomic E-state index is -0.412. The average molecular weight is 298 g/mol. The summed E-state index contributed by atoms with van der Waals surface area (Å²) in [6, 6.07) is 6.71. The van der Waals surface area contributed by atoms with Gasteiger partial charge in [0, 0.05) is 28.5 Å². The smallest absolute Gasteiger partial charge is 0.263 e. The number of rotatable bonds is 5. The Kier molecular flexibility index (Phi) is 6.20. The maximum atomic E-state index is 11.6. The molecule has 0 saturated carbocycles. The first-order valence-electron chi connectivity index (χ1n) is 5.68. The maximum Gasteiger partial charge on any atom is 0.263 e. The molecule has 2 N–H and O–H groups in total. The highest BCUT2D eigenvalue weighted by atomic mass is 35.5. The van der Waals surface area contributed by atoms with Gasteiger partial charge in [0.1, 0.15) is 11.6 Å². The number of benzene rings is 1. The van der Waals surface area contributed by atoms with Crippen molar-refractivity contribution in [2.24, 2.45) is 0 Å². The second-order valence-corrected chi connectivity index (χ2v) is 4.60. The number of halogens is 2. The minimum Gasteiger partial charge on any atom is -0.360 e. The normalized spacial score (nSPS) is 10.7. The zero-order valence-corrected chi connectivity index (χ0v) is 11.8. The average Bonchev–Trinajstić information content (AvgIpc) is 2.35. The summed E-state index contributed by atoms with van der Waals surface area (Å²) in [6.45, 7) is 2.46. The molecule has 0 atom stereocenters. The fourth-order valence-electron chi connectivity index (χ4n) is 1.28. The Hall–Kier alpha value is -1.70. The third-order valence-electron chi connectivity index (χ3n) is 2.15. The SMILES string of the molecule is CCCNC(=O)/C(C#N)=C\Nc1cc(Cl)cc(Cl)c1. The molecule has 19 heavy (non-hydrogen) atoms. The van der Waals surface area contributed by atoms with Crippen LogP contribution in [0.15, 0.2) is 30.0 Å². The number of nitrogens with one attached hydrogen (secondary N) is 2. The van der Waals surface area contributed by atoms with Gasteiger partial charge in [-0.2, -0.15) is 5.26 Å². The van der Waals surface area contributed by atoms with E-state index in [-0.39, 0.29) is 5.57 Å². The number of hydrogen-bond donors (Lipinski definition) is 2. The number of carbonyl (C=O) groups excluding carboxylic acids is 1. The van der Waals surface area contributed by atoms with Crippen molar-refractivity contribution in [2.75, 3.05) is 11.9 Å². The summed E-state index contributed by atoms with van der Waals surface area (Å²) in [7, 11) is 0. The Balaban J connectivity index is 2.77. The molecule has 0 unspecified atom stereocenters. The monoisotopic (exact) mass is 297 g/mol. The lowest BCUT2D eigenvalue weighted by Crippen LogP contribution is -2.25. The van der Waals surface area contributed by atoms with Crippen molar-refractivity contribution in [3.8, 4) is 6.07 Å². The molecule has 0 heterocycles. The molecule has 1 amide bonds. The lowest BCUT2D eigenvalue weighted by Gasteiger charge is -2.05. The van der Waals surface area contributed by atoms with E-state index < -0.39 is 5.91 Å². The number of hydrogen-bond acceptors (Lipinski definition) is 3. The fourth-order valence-corrected chi connectivity index (χ4v) is 1.80. The first-order chi connectivity index (χ1) is 9.06. The van der Waals surface area contributed by atoms with E-state index in [0.29, 0.717) is 22.3 Å². The Bertz CT molecular complexity index is 515. The number of amides is 1. The molecule has 4 nitrogen and oxygen atoms in total. The van der Waals surface area contributed by atoms with E-state index in [9.17, 15) is 4.79 Å². The number of nitriles is 1. The zero-order chi connectivity index (χ0) is 14.3. The van der Waals surface area contributed by atoms with Crippen LogP contribution in [0.1, 0.15) is 13.3 Å². The molecule has 0 aliphatic heterocycles. The van der Waals surface area contributed by atoms with E-state index in [1.165, 1.54) is 6.20 Å². The van der Waals surface area contributed by atoms with Crippen molar-refractivity contribution < 1.29 is 4.79 Å². The molecule has 0 aliphatic carbocycles. The second kappa shape index (κ2) is 7.67. The Labute approximate surface area is 122 Å². The summed E-state index contributed by atoms with van der Waals surface area (Å²) in [6.07, 6.45) is 2.13. The molecule has 0 aromatic heterocycles. The number of carbonyl (C=O) groups is 1. The zero-order valence-electron chi connectivity index (χ0n) is 10.3. The first kappa shape index (κ1) is 15.4. The van der Waals surface area contributed by atoms with Gasteiger partial charge in [-0.1, -0.05) is 30.1 Å². The van der Waals surface area contributed by atoms with Gasteiger partial charge in [0.15, 0.2) is 0 Å². The van der Waals surface area contributed by atoms with Crippen molar-refractivity contribution >= 4 is 34.8 Å². The maximum absolute atomic E-state index is 11.6. The molecule has 1 rings (SSSR count). The van der Waals surface area contributed by atoms with Crippen molar-refractivity contribution in [1.82, 2.24) is 5.32 Å². The molecule has 0 aliphatic rings. The summed E-state index contributed by atoms with van der Waals surface area (Å²) in [5.41, 5.74) is 0.595. The molecule has 0 fully saturated rings. The van der Waals surface area contributed by atoms with Gasteiger partial charge >= 0.3 is 0 Å². The van der Waals surface area contributed by atoms with E-state index in [2.05, 4.69) is 10.6 Å².